The van der Waals surface area contributed by atoms with E-state index in [4.69, 9.17) is 22.4 Å². The van der Waals surface area contributed by atoms with Crippen molar-refractivity contribution < 1.29 is 22.4 Å². The van der Waals surface area contributed by atoms with Crippen molar-refractivity contribution in [1.82, 2.24) is 0 Å². The van der Waals surface area contributed by atoms with Gasteiger partial charge in [0, 0.05) is 26.9 Å². The molecular formula is C10H24O5Si2. The van der Waals surface area contributed by atoms with Crippen LogP contribution in [0.4, 0.5) is 0 Å². The lowest BCUT2D eigenvalue weighted by molar-refractivity contribution is 0.109. The van der Waals surface area contributed by atoms with Crippen molar-refractivity contribution in [3.8, 4) is 0 Å². The van der Waals surface area contributed by atoms with E-state index in [1.807, 2.05) is 0 Å². The second-order valence-electron chi connectivity index (χ2n) is 4.39. The molecule has 1 atom stereocenters. The molecule has 0 amide bonds. The van der Waals surface area contributed by atoms with E-state index in [9.17, 15) is 0 Å². The average molecular weight is 280 g/mol. The van der Waals surface area contributed by atoms with E-state index in [1.54, 1.807) is 14.2 Å². The highest BCUT2D eigenvalue weighted by atomic mass is 28.4. The molecule has 1 saturated heterocycles. The second-order valence-corrected chi connectivity index (χ2v) is 10.1. The van der Waals surface area contributed by atoms with Crippen molar-refractivity contribution in [1.29, 1.82) is 0 Å². The molecule has 1 rings (SSSR count). The van der Waals surface area contributed by atoms with Gasteiger partial charge in [0.1, 0.15) is 6.10 Å². The summed E-state index contributed by atoms with van der Waals surface area (Å²) >= 11 is 0. The van der Waals surface area contributed by atoms with Gasteiger partial charge in [-0.2, -0.15) is 0 Å². The number of hydrogen-bond acceptors (Lipinski definition) is 5. The van der Waals surface area contributed by atoms with Crippen molar-refractivity contribution >= 4 is 17.8 Å². The van der Waals surface area contributed by atoms with Gasteiger partial charge in [-0.1, -0.05) is 0 Å². The Morgan fingerprint density at radius 3 is 2.41 bits per heavy atom. The second kappa shape index (κ2) is 7.62. The lowest BCUT2D eigenvalue weighted by Gasteiger charge is -2.28. The average Bonchev–Trinajstić information content (AvgIpc) is 3.10. The van der Waals surface area contributed by atoms with Gasteiger partial charge in [0.2, 0.25) is 0 Å². The molecule has 0 radical (unpaired) electrons. The predicted molar refractivity (Wildman–Crippen MR) is 69.7 cm³/mol. The summed E-state index contributed by atoms with van der Waals surface area (Å²) in [4.78, 5) is 0. The molecule has 0 aromatic carbocycles. The van der Waals surface area contributed by atoms with Crippen molar-refractivity contribution in [3.05, 3.63) is 0 Å². The summed E-state index contributed by atoms with van der Waals surface area (Å²) in [5, 5.41) is 0. The summed E-state index contributed by atoms with van der Waals surface area (Å²) in [5.41, 5.74) is 0. The number of rotatable bonds is 10. The van der Waals surface area contributed by atoms with E-state index in [-0.39, 0.29) is 0 Å². The van der Waals surface area contributed by atoms with E-state index in [1.165, 1.54) is 0 Å². The monoisotopic (exact) mass is 280 g/mol. The zero-order valence-corrected chi connectivity index (χ0v) is 13.4. The Labute approximate surface area is 106 Å². The third-order valence-electron chi connectivity index (χ3n) is 2.52. The first-order valence-electron chi connectivity index (χ1n) is 6.09. The molecule has 1 fully saturated rings. The van der Waals surface area contributed by atoms with Crippen LogP contribution in [-0.2, 0) is 22.4 Å². The molecule has 1 unspecified atom stereocenters. The zero-order chi connectivity index (χ0) is 12.7. The molecule has 0 aromatic heterocycles. The molecular weight excluding hydrogens is 256 g/mol. The maximum absolute atomic E-state index is 5.93. The van der Waals surface area contributed by atoms with Gasteiger partial charge >= 0.3 is 8.80 Å². The largest absolute Gasteiger partial charge is 0.489 e. The van der Waals surface area contributed by atoms with Crippen LogP contribution in [0.5, 0.6) is 0 Å². The van der Waals surface area contributed by atoms with Crippen LogP contribution in [0.25, 0.3) is 0 Å². The standard InChI is InChI=1S/C10H24O5Si2/c1-11-17(12-2,15-16(3)4)7-5-6-13-8-10-9-14-10/h10,16H,5-9H2,1-4H3. The lowest BCUT2D eigenvalue weighted by atomic mass is 10.5. The summed E-state index contributed by atoms with van der Waals surface area (Å²) < 4.78 is 27.5. The Morgan fingerprint density at radius 1 is 1.29 bits per heavy atom. The first-order chi connectivity index (χ1) is 8.12. The van der Waals surface area contributed by atoms with Crippen molar-refractivity contribution in [2.24, 2.45) is 0 Å². The molecule has 0 aliphatic carbocycles. The van der Waals surface area contributed by atoms with Crippen LogP contribution >= 0.6 is 0 Å². The quantitative estimate of drug-likeness (QED) is 0.340. The fourth-order valence-electron chi connectivity index (χ4n) is 1.57. The third-order valence-corrected chi connectivity index (χ3v) is 8.05. The molecule has 7 heteroatoms. The van der Waals surface area contributed by atoms with Crippen LogP contribution in [0.2, 0.25) is 19.1 Å². The summed E-state index contributed by atoms with van der Waals surface area (Å²) in [6.45, 7) is 6.51. The van der Waals surface area contributed by atoms with E-state index >= 15 is 0 Å². The number of hydrogen-bond donors (Lipinski definition) is 0. The minimum absolute atomic E-state index is 0.334. The molecule has 1 aliphatic rings. The number of epoxide rings is 1. The van der Waals surface area contributed by atoms with Gasteiger partial charge in [0.25, 0.3) is 0 Å². The topological polar surface area (TPSA) is 49.5 Å². The van der Waals surface area contributed by atoms with Crippen LogP contribution in [-0.4, -0.2) is 58.0 Å². The van der Waals surface area contributed by atoms with Crippen molar-refractivity contribution in [2.75, 3.05) is 34.0 Å². The van der Waals surface area contributed by atoms with Gasteiger partial charge < -0.3 is 22.4 Å². The van der Waals surface area contributed by atoms with Crippen LogP contribution in [0, 0.1) is 0 Å². The van der Waals surface area contributed by atoms with Gasteiger partial charge in [0.15, 0.2) is 9.04 Å². The maximum atomic E-state index is 5.93. The van der Waals surface area contributed by atoms with Crippen molar-refractivity contribution in [2.45, 2.75) is 31.7 Å². The Bertz CT molecular complexity index is 207. The minimum atomic E-state index is -2.42. The minimum Gasteiger partial charge on any atom is -0.419 e. The summed E-state index contributed by atoms with van der Waals surface area (Å²) in [6.07, 6.45) is 1.24. The Morgan fingerprint density at radius 2 is 1.94 bits per heavy atom. The van der Waals surface area contributed by atoms with Crippen molar-refractivity contribution in [3.63, 3.8) is 0 Å². The Balaban J connectivity index is 2.17. The van der Waals surface area contributed by atoms with Gasteiger partial charge in [-0.25, -0.2) is 0 Å². The third kappa shape index (κ3) is 6.09. The molecule has 1 aliphatic heterocycles. The van der Waals surface area contributed by atoms with E-state index in [0.29, 0.717) is 19.3 Å². The summed E-state index contributed by atoms with van der Waals surface area (Å²) in [5.74, 6) is 0. The first kappa shape index (κ1) is 15.3. The lowest BCUT2D eigenvalue weighted by Crippen LogP contribution is -2.46. The SMILES string of the molecule is CO[Si](CCCOCC1CO1)(OC)O[SiH](C)C. The molecule has 0 aromatic rings. The van der Waals surface area contributed by atoms with E-state index in [2.05, 4.69) is 13.1 Å². The maximum Gasteiger partial charge on any atom is 0.489 e. The molecule has 0 N–H and O–H groups in total. The summed E-state index contributed by atoms with van der Waals surface area (Å²) in [6, 6.07) is 0.816. The van der Waals surface area contributed by atoms with E-state index in [0.717, 1.165) is 19.1 Å². The Kier molecular flexibility index (Phi) is 6.86. The van der Waals surface area contributed by atoms with Gasteiger partial charge in [0.05, 0.1) is 13.2 Å². The first-order valence-corrected chi connectivity index (χ1v) is 10.8. The fourth-order valence-corrected chi connectivity index (χ4v) is 6.84. The molecule has 0 saturated carbocycles. The highest BCUT2D eigenvalue weighted by Gasteiger charge is 2.38. The molecule has 102 valence electrons. The molecule has 5 nitrogen and oxygen atoms in total. The molecule has 1 heterocycles. The summed E-state index contributed by atoms with van der Waals surface area (Å²) in [7, 11) is -0.218. The van der Waals surface area contributed by atoms with Crippen LogP contribution in [0.3, 0.4) is 0 Å². The van der Waals surface area contributed by atoms with Crippen LogP contribution < -0.4 is 0 Å². The Hall–Kier alpha value is 0.234. The predicted octanol–water partition coefficient (Wildman–Crippen LogP) is 1.02. The highest BCUT2D eigenvalue weighted by molar-refractivity contribution is 6.70. The zero-order valence-electron chi connectivity index (χ0n) is 11.2. The highest BCUT2D eigenvalue weighted by Crippen LogP contribution is 2.17. The molecule has 0 spiro atoms. The molecule has 17 heavy (non-hydrogen) atoms. The van der Waals surface area contributed by atoms with Crippen LogP contribution in [0.1, 0.15) is 6.42 Å². The smallest absolute Gasteiger partial charge is 0.419 e. The molecule has 0 bridgehead atoms. The van der Waals surface area contributed by atoms with Gasteiger partial charge in [-0.15, -0.1) is 0 Å². The fraction of sp³-hybridized carbons (Fsp3) is 1.00. The normalized spacial score (nSPS) is 19.9. The number of ether oxygens (including phenoxy) is 2. The van der Waals surface area contributed by atoms with Gasteiger partial charge in [-0.3, -0.25) is 0 Å². The van der Waals surface area contributed by atoms with Gasteiger partial charge in [-0.05, 0) is 19.5 Å². The van der Waals surface area contributed by atoms with Crippen LogP contribution in [0.15, 0.2) is 0 Å². The van der Waals surface area contributed by atoms with E-state index < -0.39 is 17.8 Å².